The van der Waals surface area contributed by atoms with Gasteiger partial charge in [-0.1, -0.05) is 48.0 Å². The minimum absolute atomic E-state index is 0.0214. The number of rotatable bonds is 5. The molecule has 0 amide bonds. The largest absolute Gasteiger partial charge is 0.383 e. The van der Waals surface area contributed by atoms with Crippen molar-refractivity contribution in [3.05, 3.63) is 106 Å². The highest BCUT2D eigenvalue weighted by Gasteiger charge is 2.15. The molecule has 0 aliphatic carbocycles. The summed E-state index contributed by atoms with van der Waals surface area (Å²) in [7, 11) is 0. The molecule has 2 heterocycles. The first-order valence-corrected chi connectivity index (χ1v) is 11.3. The van der Waals surface area contributed by atoms with E-state index >= 15 is 0 Å². The number of ketones is 1. The summed E-state index contributed by atoms with van der Waals surface area (Å²) in [5.74, 6) is -0.283. The number of hydrogen-bond donors (Lipinski definition) is 2. The second-order valence-corrected chi connectivity index (χ2v) is 8.32. The van der Waals surface area contributed by atoms with E-state index < -0.39 is 0 Å². The molecular weight excluding hydrogens is 476 g/mol. The maximum absolute atomic E-state index is 13.4. The van der Waals surface area contributed by atoms with Gasteiger partial charge in [0, 0.05) is 11.8 Å². The van der Waals surface area contributed by atoms with Gasteiger partial charge in [-0.05, 0) is 48.0 Å². The summed E-state index contributed by atoms with van der Waals surface area (Å²) >= 11 is 6.30. The van der Waals surface area contributed by atoms with Crippen molar-refractivity contribution in [3.63, 3.8) is 0 Å². The summed E-state index contributed by atoms with van der Waals surface area (Å²) in [5, 5.41) is 0.698. The third-order valence-corrected chi connectivity index (χ3v) is 5.91. The molecule has 0 bridgehead atoms. The molecule has 0 spiro atoms. The number of nitrogen functional groups attached to an aromatic ring is 2. The topological polar surface area (TPSA) is 129 Å². The molecular formula is C27H19ClN6O2. The highest BCUT2D eigenvalue weighted by Crippen LogP contribution is 2.26. The van der Waals surface area contributed by atoms with Crippen LogP contribution in [-0.4, -0.2) is 26.5 Å². The minimum Gasteiger partial charge on any atom is -0.383 e. The van der Waals surface area contributed by atoms with Gasteiger partial charge in [-0.25, -0.2) is 14.5 Å². The van der Waals surface area contributed by atoms with Gasteiger partial charge in [0.2, 0.25) is 11.7 Å². The number of para-hydroxylation sites is 2. The zero-order chi connectivity index (χ0) is 25.2. The van der Waals surface area contributed by atoms with Crippen LogP contribution in [0.4, 0.5) is 17.5 Å². The number of benzene rings is 3. The number of carbonyl (C=O) groups excluding carboxylic acids is 1. The number of anilines is 2. The van der Waals surface area contributed by atoms with E-state index in [4.69, 9.17) is 23.1 Å². The van der Waals surface area contributed by atoms with Crippen molar-refractivity contribution >= 4 is 52.0 Å². The highest BCUT2D eigenvalue weighted by atomic mass is 35.5. The second-order valence-electron chi connectivity index (χ2n) is 7.91. The summed E-state index contributed by atoms with van der Waals surface area (Å²) in [5.41, 5.74) is 14.7. The summed E-state index contributed by atoms with van der Waals surface area (Å²) < 4.78 is 1.27. The maximum atomic E-state index is 13.4. The average Bonchev–Trinajstić information content (AvgIpc) is 2.89. The molecule has 2 aromatic heterocycles. The Bertz CT molecular complexity index is 1710. The van der Waals surface area contributed by atoms with E-state index in [9.17, 15) is 9.59 Å². The van der Waals surface area contributed by atoms with Gasteiger partial charge in [0.15, 0.2) is 0 Å². The third kappa shape index (κ3) is 4.33. The Morgan fingerprint density at radius 2 is 1.69 bits per heavy atom. The van der Waals surface area contributed by atoms with E-state index in [0.717, 1.165) is 0 Å². The summed E-state index contributed by atoms with van der Waals surface area (Å²) in [4.78, 5) is 39.0. The molecule has 0 saturated heterocycles. The lowest BCUT2D eigenvalue weighted by Gasteiger charge is -2.12. The maximum Gasteiger partial charge on any atom is 0.267 e. The molecule has 5 aromatic rings. The first-order chi connectivity index (χ1) is 17.4. The van der Waals surface area contributed by atoms with E-state index in [0.29, 0.717) is 38.4 Å². The number of Topliss-reactive ketones (excluding diaryl/α,β-unsaturated/α-hetero) is 1. The minimum atomic E-state index is -0.387. The van der Waals surface area contributed by atoms with Gasteiger partial charge in [0.05, 0.1) is 39.1 Å². The van der Waals surface area contributed by atoms with Crippen LogP contribution in [0.5, 0.6) is 0 Å². The lowest BCUT2D eigenvalue weighted by Crippen LogP contribution is -2.23. The van der Waals surface area contributed by atoms with Crippen molar-refractivity contribution in [2.45, 2.75) is 0 Å². The monoisotopic (exact) mass is 494 g/mol. The fraction of sp³-hybridized carbons (Fsp3) is 0. The molecule has 0 fully saturated rings. The second kappa shape index (κ2) is 9.44. The van der Waals surface area contributed by atoms with Gasteiger partial charge in [0.25, 0.3) is 5.56 Å². The van der Waals surface area contributed by atoms with Crippen LogP contribution < -0.4 is 17.0 Å². The van der Waals surface area contributed by atoms with Crippen LogP contribution >= 0.6 is 11.6 Å². The lowest BCUT2D eigenvalue weighted by atomic mass is 10.0. The highest BCUT2D eigenvalue weighted by molar-refractivity contribution is 6.37. The zero-order valence-corrected chi connectivity index (χ0v) is 19.6. The predicted octanol–water partition coefficient (Wildman–Crippen LogP) is 4.85. The number of carbonyl (C=O) groups is 1. The molecule has 8 nitrogen and oxygen atoms in total. The standard InChI is InChI=1S/C27H19ClN6O2/c28-21-8-4-5-9-23(21)34-26(36)19-12-16(10-11-22(19)33-27(34)30)17-13-20(25(29)32-14-17)24(35)15-31-18-6-2-1-3-7-18/h1-15H,(H2,29,32)(H2,30,33). The van der Waals surface area contributed by atoms with E-state index in [1.54, 1.807) is 66.9 Å². The number of fused-ring (bicyclic) bond motifs is 1. The zero-order valence-electron chi connectivity index (χ0n) is 18.8. The molecule has 0 aliphatic rings. The molecule has 0 radical (unpaired) electrons. The van der Waals surface area contributed by atoms with Gasteiger partial charge in [-0.3, -0.25) is 14.6 Å². The van der Waals surface area contributed by atoms with Crippen molar-refractivity contribution in [1.29, 1.82) is 0 Å². The number of aliphatic imine (C=N–C) groups is 1. The van der Waals surface area contributed by atoms with Gasteiger partial charge in [0.1, 0.15) is 5.82 Å². The van der Waals surface area contributed by atoms with Crippen LogP contribution in [0.1, 0.15) is 10.4 Å². The van der Waals surface area contributed by atoms with Crippen molar-refractivity contribution < 1.29 is 4.79 Å². The van der Waals surface area contributed by atoms with Gasteiger partial charge in [-0.15, -0.1) is 0 Å². The van der Waals surface area contributed by atoms with Crippen molar-refractivity contribution in [1.82, 2.24) is 14.5 Å². The van der Waals surface area contributed by atoms with Crippen molar-refractivity contribution in [2.24, 2.45) is 4.99 Å². The predicted molar refractivity (Wildman–Crippen MR) is 143 cm³/mol. The van der Waals surface area contributed by atoms with Crippen LogP contribution in [0.15, 0.2) is 94.8 Å². The van der Waals surface area contributed by atoms with E-state index in [2.05, 4.69) is 15.0 Å². The molecule has 3 aromatic carbocycles. The third-order valence-electron chi connectivity index (χ3n) is 5.59. The number of nitrogens with zero attached hydrogens (tertiary/aromatic N) is 4. The SMILES string of the molecule is Nc1ncc(-c2ccc3nc(N)n(-c4ccccc4Cl)c(=O)c3c2)cc1C(=O)C=Nc1ccccc1. The number of halogens is 1. The molecule has 0 atom stereocenters. The smallest absolute Gasteiger partial charge is 0.267 e. The Balaban J connectivity index is 1.57. The number of nitrogens with two attached hydrogens (primary N) is 2. The molecule has 0 unspecified atom stereocenters. The summed E-state index contributed by atoms with van der Waals surface area (Å²) in [6, 6.07) is 22.7. The molecule has 4 N–H and O–H groups in total. The number of aromatic nitrogens is 3. The average molecular weight is 495 g/mol. The first kappa shape index (κ1) is 22.9. The van der Waals surface area contributed by atoms with Crippen molar-refractivity contribution in [3.8, 4) is 16.8 Å². The van der Waals surface area contributed by atoms with Crippen LogP contribution in [0, 0.1) is 0 Å². The van der Waals surface area contributed by atoms with E-state index in [1.165, 1.54) is 10.8 Å². The fourth-order valence-electron chi connectivity index (χ4n) is 3.80. The lowest BCUT2D eigenvalue weighted by molar-refractivity contribution is 0.107. The number of pyridine rings is 1. The molecule has 36 heavy (non-hydrogen) atoms. The quantitative estimate of drug-likeness (QED) is 0.265. The Labute approximate surface area is 210 Å². The Hall–Kier alpha value is -4.82. The van der Waals surface area contributed by atoms with E-state index in [1.807, 2.05) is 18.2 Å². The summed E-state index contributed by atoms with van der Waals surface area (Å²) in [6.07, 6.45) is 2.75. The normalized spacial score (nSPS) is 11.2. The molecule has 9 heteroatoms. The first-order valence-electron chi connectivity index (χ1n) is 10.9. The Kier molecular flexibility index (Phi) is 6.02. The molecule has 0 saturated carbocycles. The number of hydrogen-bond acceptors (Lipinski definition) is 7. The van der Waals surface area contributed by atoms with Gasteiger partial charge in [-0.2, -0.15) is 0 Å². The molecule has 176 valence electrons. The summed E-state index contributed by atoms with van der Waals surface area (Å²) in [6.45, 7) is 0. The van der Waals surface area contributed by atoms with E-state index in [-0.39, 0.29) is 28.7 Å². The molecule has 0 aliphatic heterocycles. The Morgan fingerprint density at radius 1 is 0.944 bits per heavy atom. The van der Waals surface area contributed by atoms with Crippen LogP contribution in [0.2, 0.25) is 5.02 Å². The molecule has 5 rings (SSSR count). The van der Waals surface area contributed by atoms with Crippen LogP contribution in [0.3, 0.4) is 0 Å². The van der Waals surface area contributed by atoms with Crippen LogP contribution in [0.25, 0.3) is 27.7 Å². The van der Waals surface area contributed by atoms with Gasteiger partial charge < -0.3 is 11.5 Å². The van der Waals surface area contributed by atoms with Crippen molar-refractivity contribution in [2.75, 3.05) is 11.5 Å². The Morgan fingerprint density at radius 3 is 2.47 bits per heavy atom. The fourth-order valence-corrected chi connectivity index (χ4v) is 4.02. The van der Waals surface area contributed by atoms with Gasteiger partial charge >= 0.3 is 0 Å². The van der Waals surface area contributed by atoms with Crippen LogP contribution in [-0.2, 0) is 0 Å².